The minimum Gasteiger partial charge on any atom is -0.500 e. The number of hydrogen-bond donors (Lipinski definition) is 3. The van der Waals surface area contributed by atoms with Crippen molar-refractivity contribution in [1.29, 1.82) is 0 Å². The van der Waals surface area contributed by atoms with E-state index >= 15 is 0 Å². The van der Waals surface area contributed by atoms with Crippen LogP contribution >= 0.6 is 0 Å². The molecule has 8 heteroatoms. The molecule has 18 heavy (non-hydrogen) atoms. The Bertz CT molecular complexity index is 488. The number of carboxylic acids is 1. The Balaban J connectivity index is 3.18. The molecular weight excluding hydrogens is 244 g/mol. The molecule has 1 unspecified atom stereocenters. The van der Waals surface area contributed by atoms with Crippen LogP contribution in [-0.2, 0) is 11.2 Å². The van der Waals surface area contributed by atoms with E-state index in [0.717, 1.165) is 6.07 Å². The lowest BCUT2D eigenvalue weighted by molar-refractivity contribution is -0.386. The average Bonchev–Trinajstić information content (AvgIpc) is 2.30. The summed E-state index contributed by atoms with van der Waals surface area (Å²) in [5.74, 6) is -1.92. The number of rotatable bonds is 5. The highest BCUT2D eigenvalue weighted by molar-refractivity contribution is 5.73. The van der Waals surface area contributed by atoms with Crippen molar-refractivity contribution in [1.82, 2.24) is 0 Å². The lowest BCUT2D eigenvalue weighted by Gasteiger charge is -2.09. The first-order chi connectivity index (χ1) is 8.36. The van der Waals surface area contributed by atoms with Gasteiger partial charge in [-0.2, -0.15) is 0 Å². The quantitative estimate of drug-likeness (QED) is 0.507. The molecule has 4 N–H and O–H groups in total. The number of nitrogens with two attached hydrogens (primary N) is 1. The zero-order chi connectivity index (χ0) is 13.9. The average molecular weight is 256 g/mol. The van der Waals surface area contributed by atoms with E-state index in [-0.39, 0.29) is 12.2 Å². The second-order valence-electron chi connectivity index (χ2n) is 3.57. The molecule has 8 nitrogen and oxygen atoms in total. The van der Waals surface area contributed by atoms with Gasteiger partial charge < -0.3 is 20.7 Å². The second-order valence-corrected chi connectivity index (χ2v) is 3.57. The lowest BCUT2D eigenvalue weighted by Crippen LogP contribution is -2.32. The van der Waals surface area contributed by atoms with Crippen molar-refractivity contribution in [2.75, 3.05) is 7.11 Å². The maximum atomic E-state index is 10.7. The molecule has 0 radical (unpaired) electrons. The van der Waals surface area contributed by atoms with Crippen LogP contribution in [-0.4, -0.2) is 34.3 Å². The number of nitro benzene ring substituents is 1. The van der Waals surface area contributed by atoms with Crippen molar-refractivity contribution in [3.05, 3.63) is 27.8 Å². The number of phenols is 1. The van der Waals surface area contributed by atoms with E-state index in [1.165, 1.54) is 13.2 Å². The molecule has 98 valence electrons. The Morgan fingerprint density at radius 2 is 2.22 bits per heavy atom. The first kappa shape index (κ1) is 13.7. The Morgan fingerprint density at radius 3 is 2.67 bits per heavy atom. The van der Waals surface area contributed by atoms with Gasteiger partial charge in [0.05, 0.1) is 12.0 Å². The molecule has 0 aliphatic carbocycles. The number of aromatic hydroxyl groups is 1. The smallest absolute Gasteiger partial charge is 0.320 e. The van der Waals surface area contributed by atoms with Gasteiger partial charge in [0.2, 0.25) is 5.75 Å². The number of ether oxygens (including phenoxy) is 1. The van der Waals surface area contributed by atoms with Gasteiger partial charge in [0.1, 0.15) is 6.04 Å². The maximum Gasteiger partial charge on any atom is 0.320 e. The van der Waals surface area contributed by atoms with Crippen LogP contribution in [0.15, 0.2) is 12.1 Å². The topological polar surface area (TPSA) is 136 Å². The number of methoxy groups -OCH3 is 1. The number of nitro groups is 1. The molecular formula is C10H12N2O6. The van der Waals surface area contributed by atoms with Gasteiger partial charge in [-0.1, -0.05) is 0 Å². The number of carbonyl (C=O) groups is 1. The van der Waals surface area contributed by atoms with Gasteiger partial charge in [-0.3, -0.25) is 14.9 Å². The Hall–Kier alpha value is -2.35. The van der Waals surface area contributed by atoms with Gasteiger partial charge in [-0.05, 0) is 18.1 Å². The van der Waals surface area contributed by atoms with Gasteiger partial charge >= 0.3 is 11.7 Å². The summed E-state index contributed by atoms with van der Waals surface area (Å²) >= 11 is 0. The summed E-state index contributed by atoms with van der Waals surface area (Å²) in [5, 5.41) is 28.9. The number of phenolic OH excluding ortho intramolecular Hbond substituents is 1. The van der Waals surface area contributed by atoms with E-state index < -0.39 is 28.4 Å². The molecule has 0 saturated heterocycles. The highest BCUT2D eigenvalue weighted by Crippen LogP contribution is 2.37. The van der Waals surface area contributed by atoms with Crippen molar-refractivity contribution >= 4 is 11.7 Å². The number of benzene rings is 1. The molecule has 0 amide bonds. The van der Waals surface area contributed by atoms with Crippen molar-refractivity contribution in [3.63, 3.8) is 0 Å². The monoisotopic (exact) mass is 256 g/mol. The van der Waals surface area contributed by atoms with Crippen LogP contribution in [0.5, 0.6) is 11.5 Å². The van der Waals surface area contributed by atoms with Crippen molar-refractivity contribution < 1.29 is 24.7 Å². The van der Waals surface area contributed by atoms with Crippen LogP contribution in [0.1, 0.15) is 5.56 Å². The number of hydrogen-bond acceptors (Lipinski definition) is 6. The third kappa shape index (κ3) is 2.86. The number of aliphatic carboxylic acids is 1. The molecule has 0 spiro atoms. The molecule has 1 aromatic rings. The number of nitrogens with zero attached hydrogens (tertiary/aromatic N) is 1. The molecule has 0 fully saturated rings. The van der Waals surface area contributed by atoms with Gasteiger partial charge in [0, 0.05) is 6.07 Å². The molecule has 1 rings (SSSR count). The Labute approximate surface area is 102 Å². The van der Waals surface area contributed by atoms with Crippen LogP contribution in [0, 0.1) is 10.1 Å². The maximum absolute atomic E-state index is 10.7. The summed E-state index contributed by atoms with van der Waals surface area (Å²) in [7, 11) is 1.24. The highest BCUT2D eigenvalue weighted by atomic mass is 16.6. The largest absolute Gasteiger partial charge is 0.500 e. The van der Waals surface area contributed by atoms with E-state index in [0.29, 0.717) is 5.56 Å². The summed E-state index contributed by atoms with van der Waals surface area (Å²) < 4.78 is 4.78. The minimum absolute atomic E-state index is 0.100. The van der Waals surface area contributed by atoms with Gasteiger partial charge in [0.25, 0.3) is 0 Å². The van der Waals surface area contributed by atoms with Gasteiger partial charge in [-0.25, -0.2) is 0 Å². The first-order valence-electron chi connectivity index (χ1n) is 4.89. The zero-order valence-corrected chi connectivity index (χ0v) is 9.49. The molecule has 1 aromatic carbocycles. The van der Waals surface area contributed by atoms with Crippen LogP contribution in [0.2, 0.25) is 0 Å². The SMILES string of the molecule is COc1cc(CC(N)C(=O)O)cc([N+](=O)[O-])c1O. The third-order valence-electron chi connectivity index (χ3n) is 2.30. The molecule has 0 saturated carbocycles. The predicted octanol–water partition coefficient (Wildman–Crippen LogP) is 0.263. The van der Waals surface area contributed by atoms with E-state index in [9.17, 15) is 20.0 Å². The van der Waals surface area contributed by atoms with E-state index in [1.54, 1.807) is 0 Å². The van der Waals surface area contributed by atoms with E-state index in [1.807, 2.05) is 0 Å². The van der Waals surface area contributed by atoms with E-state index in [2.05, 4.69) is 0 Å². The summed E-state index contributed by atoms with van der Waals surface area (Å²) in [5.41, 5.74) is 5.08. The molecule has 0 aromatic heterocycles. The molecule has 0 aliphatic heterocycles. The highest BCUT2D eigenvalue weighted by Gasteiger charge is 2.21. The molecule has 1 atom stereocenters. The Morgan fingerprint density at radius 1 is 1.61 bits per heavy atom. The molecule has 0 bridgehead atoms. The zero-order valence-electron chi connectivity index (χ0n) is 9.49. The van der Waals surface area contributed by atoms with Crippen LogP contribution in [0.4, 0.5) is 5.69 Å². The van der Waals surface area contributed by atoms with Crippen LogP contribution in [0.25, 0.3) is 0 Å². The summed E-state index contributed by atoms with van der Waals surface area (Å²) in [6.07, 6.45) is -0.104. The van der Waals surface area contributed by atoms with Crippen molar-refractivity contribution in [2.24, 2.45) is 5.73 Å². The summed E-state index contributed by atoms with van der Waals surface area (Å²) in [6, 6.07) is 1.20. The standard InChI is InChI=1S/C10H12N2O6/c1-18-8-4-5(2-6(11)10(14)15)3-7(9(8)13)12(16)17/h3-4,6,13H,2,11H2,1H3,(H,14,15). The summed E-state index contributed by atoms with van der Waals surface area (Å²) in [6.45, 7) is 0. The fourth-order valence-corrected chi connectivity index (χ4v) is 1.40. The van der Waals surface area contributed by atoms with Crippen molar-refractivity contribution in [3.8, 4) is 11.5 Å². The van der Waals surface area contributed by atoms with Crippen LogP contribution < -0.4 is 10.5 Å². The molecule has 0 heterocycles. The molecule has 0 aliphatic rings. The minimum atomic E-state index is -1.22. The predicted molar refractivity (Wildman–Crippen MR) is 60.6 cm³/mol. The van der Waals surface area contributed by atoms with Gasteiger partial charge in [-0.15, -0.1) is 0 Å². The lowest BCUT2D eigenvalue weighted by atomic mass is 10.0. The van der Waals surface area contributed by atoms with Crippen molar-refractivity contribution in [2.45, 2.75) is 12.5 Å². The summed E-state index contributed by atoms with van der Waals surface area (Å²) in [4.78, 5) is 20.5. The van der Waals surface area contributed by atoms with Gasteiger partial charge in [0.15, 0.2) is 5.75 Å². The third-order valence-corrected chi connectivity index (χ3v) is 2.30. The second kappa shape index (κ2) is 5.32. The van der Waals surface area contributed by atoms with E-state index in [4.69, 9.17) is 15.6 Å². The fourth-order valence-electron chi connectivity index (χ4n) is 1.40. The number of carboxylic acid groups (broad SMARTS) is 1. The fraction of sp³-hybridized carbons (Fsp3) is 0.300. The first-order valence-corrected chi connectivity index (χ1v) is 4.89. The Kier molecular flexibility index (Phi) is 4.05. The van der Waals surface area contributed by atoms with Crippen LogP contribution in [0.3, 0.4) is 0 Å². The normalized spacial score (nSPS) is 11.9.